The van der Waals surface area contributed by atoms with Crippen LogP contribution in [0.15, 0.2) is 36.0 Å². The Labute approximate surface area is 183 Å². The predicted octanol–water partition coefficient (Wildman–Crippen LogP) is 6.65. The lowest BCUT2D eigenvalue weighted by Crippen LogP contribution is -2.50. The Bertz CT molecular complexity index is 774. The minimum Gasteiger partial charge on any atom is -0.392 e. The lowest BCUT2D eigenvalue weighted by atomic mass is 9.47. The number of Topliss-reactive ketones (excluding diaryl/α,β-unsaturated/α-hetero) is 1. The van der Waals surface area contributed by atoms with Crippen molar-refractivity contribution in [1.29, 1.82) is 0 Å². The first-order valence-corrected chi connectivity index (χ1v) is 12.3. The number of ketones is 1. The zero-order valence-electron chi connectivity index (χ0n) is 19.7. The number of fused-ring (bicyclic) bond motifs is 5. The number of hydrogen-bond acceptors (Lipinski definition) is 2. The average Bonchev–Trinajstić information content (AvgIpc) is 2.97. The van der Waals surface area contributed by atoms with Crippen LogP contribution in [-0.4, -0.2) is 17.0 Å². The summed E-state index contributed by atoms with van der Waals surface area (Å²) < 4.78 is 0. The maximum absolute atomic E-state index is 12.1. The van der Waals surface area contributed by atoms with Crippen molar-refractivity contribution < 1.29 is 9.90 Å². The second-order valence-electron chi connectivity index (χ2n) is 11.8. The average molecular weight is 411 g/mol. The van der Waals surface area contributed by atoms with Gasteiger partial charge in [0.05, 0.1) is 6.10 Å². The standard InChI is InChI=1S/C28H42O2/c1-17(2)18(3)7-8-19(4)24-16-25(30)26-22-10-9-20-15-21(29)11-13-27(20,5)23(22)12-14-28(24,26)6/h10,17,20,23-26,30H,3-4,7-9,11-16H2,1-2,5-6H3/t20-,23?,24?,25?,26?,27?,28?/m0/s1. The van der Waals surface area contributed by atoms with Crippen molar-refractivity contribution >= 4 is 5.78 Å². The summed E-state index contributed by atoms with van der Waals surface area (Å²) in [4.78, 5) is 12.1. The summed E-state index contributed by atoms with van der Waals surface area (Å²) in [5.41, 5.74) is 4.52. The highest BCUT2D eigenvalue weighted by Crippen LogP contribution is 2.66. The lowest BCUT2D eigenvalue weighted by Gasteiger charge is -2.57. The van der Waals surface area contributed by atoms with Crippen molar-refractivity contribution in [2.75, 3.05) is 0 Å². The van der Waals surface area contributed by atoms with E-state index in [0.717, 1.165) is 44.9 Å². The van der Waals surface area contributed by atoms with Crippen molar-refractivity contribution in [1.82, 2.24) is 0 Å². The molecule has 0 aromatic rings. The smallest absolute Gasteiger partial charge is 0.133 e. The van der Waals surface area contributed by atoms with Crippen LogP contribution < -0.4 is 0 Å². The van der Waals surface area contributed by atoms with E-state index >= 15 is 0 Å². The topological polar surface area (TPSA) is 37.3 Å². The minimum atomic E-state index is -0.260. The molecule has 4 aliphatic rings. The van der Waals surface area contributed by atoms with Crippen molar-refractivity contribution in [3.63, 3.8) is 0 Å². The van der Waals surface area contributed by atoms with Gasteiger partial charge in [-0.2, -0.15) is 0 Å². The van der Waals surface area contributed by atoms with Crippen LogP contribution >= 0.6 is 0 Å². The van der Waals surface area contributed by atoms with Gasteiger partial charge in [0.15, 0.2) is 0 Å². The maximum atomic E-state index is 12.1. The molecule has 3 fully saturated rings. The van der Waals surface area contributed by atoms with Gasteiger partial charge in [0, 0.05) is 18.8 Å². The third-order valence-electron chi connectivity index (χ3n) is 9.96. The van der Waals surface area contributed by atoms with Gasteiger partial charge in [-0.25, -0.2) is 0 Å². The molecule has 0 aromatic carbocycles. The molecule has 2 nitrogen and oxygen atoms in total. The zero-order chi connectivity index (χ0) is 21.8. The van der Waals surface area contributed by atoms with Crippen LogP contribution in [0, 0.1) is 40.4 Å². The van der Waals surface area contributed by atoms with Gasteiger partial charge in [0.2, 0.25) is 0 Å². The van der Waals surface area contributed by atoms with E-state index in [1.54, 1.807) is 0 Å². The van der Waals surface area contributed by atoms with Crippen LogP contribution in [-0.2, 0) is 4.79 Å². The van der Waals surface area contributed by atoms with Gasteiger partial charge in [-0.05, 0) is 79.4 Å². The number of aliphatic hydroxyl groups excluding tert-OH is 1. The van der Waals surface area contributed by atoms with Gasteiger partial charge in [-0.3, -0.25) is 4.79 Å². The third kappa shape index (κ3) is 3.38. The quantitative estimate of drug-likeness (QED) is 0.515. The molecule has 0 heterocycles. The van der Waals surface area contributed by atoms with Crippen LogP contribution in [0.4, 0.5) is 0 Å². The Kier molecular flexibility index (Phi) is 5.71. The Morgan fingerprint density at radius 1 is 1.20 bits per heavy atom. The molecule has 0 saturated heterocycles. The van der Waals surface area contributed by atoms with Crippen LogP contribution in [0.25, 0.3) is 0 Å². The molecule has 2 heteroatoms. The number of carbonyl (C=O) groups excluding carboxylic acids is 1. The predicted molar refractivity (Wildman–Crippen MR) is 124 cm³/mol. The van der Waals surface area contributed by atoms with E-state index in [1.807, 2.05) is 0 Å². The van der Waals surface area contributed by atoms with Gasteiger partial charge in [0.25, 0.3) is 0 Å². The Morgan fingerprint density at radius 3 is 2.63 bits per heavy atom. The van der Waals surface area contributed by atoms with Crippen molar-refractivity contribution in [2.24, 2.45) is 40.4 Å². The van der Waals surface area contributed by atoms with Crippen LogP contribution in [0.5, 0.6) is 0 Å². The van der Waals surface area contributed by atoms with Crippen molar-refractivity contribution in [3.8, 4) is 0 Å². The SMILES string of the molecule is C=C(CCC(=C)C1CC(O)C2C3=CC[C@H]4CC(=O)CCC4(C)C3CCC12C)C(C)C. The van der Waals surface area contributed by atoms with Gasteiger partial charge >= 0.3 is 0 Å². The molecule has 4 aliphatic carbocycles. The van der Waals surface area contributed by atoms with Crippen LogP contribution in [0.1, 0.15) is 85.5 Å². The monoisotopic (exact) mass is 410 g/mol. The fraction of sp³-hybridized carbons (Fsp3) is 0.750. The number of hydrogen-bond donors (Lipinski definition) is 1. The number of rotatable bonds is 5. The minimum absolute atomic E-state index is 0.117. The summed E-state index contributed by atoms with van der Waals surface area (Å²) in [6.45, 7) is 18.1. The molecule has 30 heavy (non-hydrogen) atoms. The van der Waals surface area contributed by atoms with E-state index < -0.39 is 0 Å². The first-order valence-electron chi connectivity index (χ1n) is 12.3. The fourth-order valence-electron chi connectivity index (χ4n) is 7.78. The summed E-state index contributed by atoms with van der Waals surface area (Å²) >= 11 is 0. The number of allylic oxidation sites excluding steroid dienone is 3. The molecule has 0 bridgehead atoms. The van der Waals surface area contributed by atoms with E-state index in [0.29, 0.717) is 29.5 Å². The van der Waals surface area contributed by atoms with E-state index in [9.17, 15) is 9.90 Å². The van der Waals surface area contributed by atoms with Crippen molar-refractivity contribution in [3.05, 3.63) is 36.0 Å². The maximum Gasteiger partial charge on any atom is 0.133 e. The summed E-state index contributed by atoms with van der Waals surface area (Å²) in [6, 6.07) is 0. The lowest BCUT2D eigenvalue weighted by molar-refractivity contribution is -0.127. The molecule has 3 saturated carbocycles. The van der Waals surface area contributed by atoms with Crippen molar-refractivity contribution in [2.45, 2.75) is 91.6 Å². The fourth-order valence-corrected chi connectivity index (χ4v) is 7.78. The normalized spacial score (nSPS) is 42.9. The summed E-state index contributed by atoms with van der Waals surface area (Å²) in [6.07, 6.45) is 11.0. The number of carbonyl (C=O) groups is 1. The van der Waals surface area contributed by atoms with E-state index in [2.05, 4.69) is 46.9 Å². The highest BCUT2D eigenvalue weighted by atomic mass is 16.3. The molecule has 0 amide bonds. The zero-order valence-corrected chi connectivity index (χ0v) is 19.7. The largest absolute Gasteiger partial charge is 0.392 e. The van der Waals surface area contributed by atoms with E-state index in [4.69, 9.17) is 0 Å². The molecule has 6 unspecified atom stereocenters. The van der Waals surface area contributed by atoms with E-state index in [-0.39, 0.29) is 22.9 Å². The highest BCUT2D eigenvalue weighted by molar-refractivity contribution is 5.79. The molecule has 0 aliphatic heterocycles. The summed E-state index contributed by atoms with van der Waals surface area (Å²) in [5, 5.41) is 11.3. The molecule has 166 valence electrons. The first kappa shape index (κ1) is 22.1. The Hall–Kier alpha value is -1.15. The van der Waals surface area contributed by atoms with Gasteiger partial charge < -0.3 is 5.11 Å². The van der Waals surface area contributed by atoms with Gasteiger partial charge in [0.1, 0.15) is 5.78 Å². The second kappa shape index (κ2) is 7.76. The van der Waals surface area contributed by atoms with Crippen LogP contribution in [0.2, 0.25) is 0 Å². The Morgan fingerprint density at radius 2 is 1.93 bits per heavy atom. The number of aliphatic hydroxyl groups is 1. The molecule has 0 aromatic heterocycles. The molecule has 0 spiro atoms. The Balaban J connectivity index is 1.56. The van der Waals surface area contributed by atoms with Crippen LogP contribution in [0.3, 0.4) is 0 Å². The second-order valence-corrected chi connectivity index (χ2v) is 11.8. The van der Waals surface area contributed by atoms with Gasteiger partial charge in [-0.1, -0.05) is 63.6 Å². The molecule has 4 rings (SSSR count). The molecular formula is C28H42O2. The molecular weight excluding hydrogens is 368 g/mol. The first-order chi connectivity index (χ1) is 14.1. The summed E-state index contributed by atoms with van der Waals surface area (Å²) in [7, 11) is 0. The third-order valence-corrected chi connectivity index (χ3v) is 9.96. The molecule has 0 radical (unpaired) electrons. The van der Waals surface area contributed by atoms with E-state index in [1.165, 1.54) is 29.6 Å². The molecule has 1 N–H and O–H groups in total. The van der Waals surface area contributed by atoms with Gasteiger partial charge in [-0.15, -0.1) is 0 Å². The highest BCUT2D eigenvalue weighted by Gasteiger charge is 2.60. The summed E-state index contributed by atoms with van der Waals surface area (Å²) in [5.74, 6) is 2.69. The molecule has 7 atom stereocenters.